The summed E-state index contributed by atoms with van der Waals surface area (Å²) in [4.78, 5) is 18.5. The topological polar surface area (TPSA) is 134 Å². The predicted octanol–water partition coefficient (Wildman–Crippen LogP) is 6.67. The van der Waals surface area contributed by atoms with Crippen LogP contribution in [0, 0.1) is 5.82 Å². The van der Waals surface area contributed by atoms with Crippen molar-refractivity contribution in [1.29, 1.82) is 0 Å². The summed E-state index contributed by atoms with van der Waals surface area (Å²) in [6.45, 7) is 1.05. The summed E-state index contributed by atoms with van der Waals surface area (Å²) in [5, 5.41) is 31.8. The molecule has 0 bridgehead atoms. The van der Waals surface area contributed by atoms with Crippen LogP contribution in [0.15, 0.2) is 67.0 Å². The minimum absolute atomic E-state index is 0.192. The molecule has 0 fully saturated rings. The van der Waals surface area contributed by atoms with Crippen LogP contribution in [-0.2, 0) is 11.4 Å². The highest BCUT2D eigenvalue weighted by Crippen LogP contribution is 2.39. The van der Waals surface area contributed by atoms with E-state index in [1.54, 1.807) is 36.4 Å². The van der Waals surface area contributed by atoms with Crippen LogP contribution in [0.25, 0.3) is 20.3 Å². The van der Waals surface area contributed by atoms with Gasteiger partial charge in [0.25, 0.3) is 0 Å². The van der Waals surface area contributed by atoms with Gasteiger partial charge in [-0.2, -0.15) is 13.2 Å². The number of carboxylic acids is 1. The molecule has 0 spiro atoms. The van der Waals surface area contributed by atoms with Gasteiger partial charge in [-0.3, -0.25) is 0 Å². The van der Waals surface area contributed by atoms with Crippen LogP contribution in [0.3, 0.4) is 0 Å². The van der Waals surface area contributed by atoms with Gasteiger partial charge >= 0.3 is 12.1 Å². The van der Waals surface area contributed by atoms with Crippen molar-refractivity contribution in [3.05, 3.63) is 83.4 Å². The zero-order chi connectivity index (χ0) is 31.4. The Balaban J connectivity index is 0.000000541. The molecule has 226 valence electrons. The molecular formula is C28H22ClF4N3O6S. The number of thiophene rings is 1. The van der Waals surface area contributed by atoms with E-state index in [0.717, 1.165) is 20.3 Å². The number of carboxylic acid groups (broad SMARTS) is 1. The van der Waals surface area contributed by atoms with Gasteiger partial charge in [0.2, 0.25) is 5.79 Å². The van der Waals surface area contributed by atoms with Crippen molar-refractivity contribution in [2.24, 2.45) is 0 Å². The summed E-state index contributed by atoms with van der Waals surface area (Å²) < 4.78 is 57.2. The van der Waals surface area contributed by atoms with Crippen molar-refractivity contribution >= 4 is 60.7 Å². The molecule has 5 aromatic rings. The number of fused-ring (bicyclic) bond motifs is 3. The number of aliphatic hydroxyl groups is 2. The first-order chi connectivity index (χ1) is 20.3. The fourth-order valence-corrected chi connectivity index (χ4v) is 4.96. The van der Waals surface area contributed by atoms with E-state index in [1.807, 2.05) is 12.1 Å². The zero-order valence-electron chi connectivity index (χ0n) is 22.0. The first-order valence-corrected chi connectivity index (χ1v) is 13.4. The fourth-order valence-electron chi connectivity index (χ4n) is 3.65. The number of carbonyl (C=O) groups is 1. The molecule has 1 unspecified atom stereocenters. The van der Waals surface area contributed by atoms with E-state index in [0.29, 0.717) is 33.6 Å². The van der Waals surface area contributed by atoms with Crippen LogP contribution in [0.5, 0.6) is 11.5 Å². The van der Waals surface area contributed by atoms with Crippen LogP contribution in [0.2, 0.25) is 5.02 Å². The summed E-state index contributed by atoms with van der Waals surface area (Å²) in [5.74, 6) is -3.25. The molecule has 5 rings (SSSR count). The summed E-state index contributed by atoms with van der Waals surface area (Å²) in [7, 11) is 0. The van der Waals surface area contributed by atoms with Crippen LogP contribution >= 0.6 is 22.9 Å². The van der Waals surface area contributed by atoms with Gasteiger partial charge in [-0.1, -0.05) is 23.7 Å². The molecule has 0 aliphatic carbocycles. The van der Waals surface area contributed by atoms with E-state index in [1.165, 1.54) is 36.7 Å². The van der Waals surface area contributed by atoms with E-state index in [4.69, 9.17) is 31.0 Å². The number of aliphatic carboxylic acids is 1. The number of aromatic nitrogens is 2. The number of halogens is 5. The van der Waals surface area contributed by atoms with E-state index in [2.05, 4.69) is 15.3 Å². The Morgan fingerprint density at radius 1 is 1.09 bits per heavy atom. The smallest absolute Gasteiger partial charge is 0.487 e. The standard InChI is InChI=1S/C26H21ClFN3O4S.C2HF3O2/c1-26(33,13-32)35-18-6-7-19-22(11-18)36-25-23(19)24(29-14-30-25)31-17-5-8-21(20(27)10-17)34-12-15-3-2-4-16(28)9-15;3-2(4,5)1(6)7/h2-11,14,32-33H,12-13H2,1H3,(H,29,30,31);(H,6,7). The maximum absolute atomic E-state index is 13.4. The van der Waals surface area contributed by atoms with Crippen molar-refractivity contribution in [3.63, 3.8) is 0 Å². The van der Waals surface area contributed by atoms with Crippen LogP contribution in [-0.4, -0.2) is 49.8 Å². The fraction of sp³-hybridized carbons (Fsp3) is 0.179. The summed E-state index contributed by atoms with van der Waals surface area (Å²) >= 11 is 7.90. The highest BCUT2D eigenvalue weighted by atomic mass is 35.5. The second kappa shape index (κ2) is 13.0. The molecule has 43 heavy (non-hydrogen) atoms. The number of anilines is 2. The number of alkyl halides is 3. The van der Waals surface area contributed by atoms with Gasteiger partial charge in [-0.05, 0) is 54.1 Å². The third-order valence-corrected chi connectivity index (χ3v) is 6.95. The number of hydrogen-bond acceptors (Lipinski definition) is 9. The third-order valence-electron chi connectivity index (χ3n) is 5.59. The van der Waals surface area contributed by atoms with Crippen molar-refractivity contribution in [1.82, 2.24) is 9.97 Å². The minimum Gasteiger partial charge on any atom is -0.487 e. The predicted molar refractivity (Wildman–Crippen MR) is 152 cm³/mol. The molecular weight excluding hydrogens is 618 g/mol. The van der Waals surface area contributed by atoms with Gasteiger partial charge in [0.1, 0.15) is 47.5 Å². The van der Waals surface area contributed by atoms with Crippen molar-refractivity contribution in [3.8, 4) is 11.5 Å². The molecule has 15 heteroatoms. The Morgan fingerprint density at radius 2 is 1.84 bits per heavy atom. The lowest BCUT2D eigenvalue weighted by Crippen LogP contribution is -2.35. The maximum atomic E-state index is 13.4. The lowest BCUT2D eigenvalue weighted by atomic mass is 10.2. The molecule has 3 aromatic carbocycles. The molecule has 0 aliphatic rings. The van der Waals surface area contributed by atoms with Gasteiger partial charge in [0.05, 0.1) is 10.4 Å². The van der Waals surface area contributed by atoms with Crippen LogP contribution < -0.4 is 14.8 Å². The molecule has 4 N–H and O–H groups in total. The normalized spacial score (nSPS) is 12.7. The van der Waals surface area contributed by atoms with Gasteiger partial charge in [-0.25, -0.2) is 19.2 Å². The third kappa shape index (κ3) is 8.20. The van der Waals surface area contributed by atoms with Crippen molar-refractivity contribution < 1.29 is 47.1 Å². The average Bonchev–Trinajstić information content (AvgIpc) is 3.31. The van der Waals surface area contributed by atoms with Crippen molar-refractivity contribution in [2.75, 3.05) is 11.9 Å². The van der Waals surface area contributed by atoms with Crippen molar-refractivity contribution in [2.45, 2.75) is 25.5 Å². The molecule has 0 aliphatic heterocycles. The number of rotatable bonds is 8. The Morgan fingerprint density at radius 3 is 2.49 bits per heavy atom. The number of hydrogen-bond donors (Lipinski definition) is 4. The number of ether oxygens (including phenoxy) is 2. The molecule has 0 saturated carbocycles. The number of aliphatic hydroxyl groups excluding tert-OH is 1. The van der Waals surface area contributed by atoms with E-state index in [-0.39, 0.29) is 12.4 Å². The Hall–Kier alpha value is -4.24. The monoisotopic (exact) mass is 639 g/mol. The molecule has 2 aromatic heterocycles. The highest BCUT2D eigenvalue weighted by molar-refractivity contribution is 7.25. The van der Waals surface area contributed by atoms with Gasteiger partial charge in [0, 0.05) is 22.7 Å². The van der Waals surface area contributed by atoms with E-state index < -0.39 is 24.5 Å². The SMILES string of the molecule is CC(O)(CO)Oc1ccc2c(c1)sc1ncnc(Nc3ccc(OCc4cccc(F)c4)c(Cl)c3)c12.O=C(O)C(F)(F)F. The molecule has 0 amide bonds. The van der Waals surface area contributed by atoms with Crippen LogP contribution in [0.1, 0.15) is 12.5 Å². The Labute approximate surface area is 249 Å². The zero-order valence-corrected chi connectivity index (χ0v) is 23.6. The second-order valence-electron chi connectivity index (χ2n) is 9.09. The van der Waals surface area contributed by atoms with Gasteiger partial charge in [0.15, 0.2) is 0 Å². The molecule has 0 saturated heterocycles. The van der Waals surface area contributed by atoms with E-state index >= 15 is 0 Å². The summed E-state index contributed by atoms with van der Waals surface area (Å²) in [6.07, 6.45) is -3.61. The Kier molecular flexibility index (Phi) is 9.55. The molecule has 9 nitrogen and oxygen atoms in total. The summed E-state index contributed by atoms with van der Waals surface area (Å²) in [6, 6.07) is 16.9. The number of benzene rings is 3. The molecule has 2 heterocycles. The highest BCUT2D eigenvalue weighted by Gasteiger charge is 2.38. The quantitative estimate of drug-likeness (QED) is 0.108. The van der Waals surface area contributed by atoms with Crippen LogP contribution in [0.4, 0.5) is 29.1 Å². The number of nitrogens with one attached hydrogen (secondary N) is 1. The lowest BCUT2D eigenvalue weighted by molar-refractivity contribution is -0.192. The Bertz CT molecular complexity index is 1770. The maximum Gasteiger partial charge on any atom is 0.490 e. The second-order valence-corrected chi connectivity index (χ2v) is 10.5. The van der Waals surface area contributed by atoms with Gasteiger partial charge < -0.3 is 30.1 Å². The minimum atomic E-state index is -5.08. The largest absolute Gasteiger partial charge is 0.490 e. The summed E-state index contributed by atoms with van der Waals surface area (Å²) in [5.41, 5.74) is 1.41. The first kappa shape index (κ1) is 31.7. The molecule has 0 radical (unpaired) electrons. The molecule has 1 atom stereocenters. The van der Waals surface area contributed by atoms with E-state index in [9.17, 15) is 27.8 Å². The average molecular weight is 640 g/mol. The lowest BCUT2D eigenvalue weighted by Gasteiger charge is -2.22. The number of nitrogens with zero attached hydrogens (tertiary/aromatic N) is 2. The van der Waals surface area contributed by atoms with Gasteiger partial charge in [-0.15, -0.1) is 11.3 Å². The first-order valence-electron chi connectivity index (χ1n) is 12.2.